The van der Waals surface area contributed by atoms with Gasteiger partial charge in [0.15, 0.2) is 5.96 Å². The number of benzene rings is 1. The summed E-state index contributed by atoms with van der Waals surface area (Å²) in [6.45, 7) is 4.90. The van der Waals surface area contributed by atoms with Crippen LogP contribution >= 0.6 is 24.0 Å². The monoisotopic (exact) mass is 406 g/mol. The molecule has 0 heterocycles. The van der Waals surface area contributed by atoms with Crippen LogP contribution in [0.3, 0.4) is 0 Å². The van der Waals surface area contributed by atoms with E-state index in [1.54, 1.807) is 7.11 Å². The molecule has 1 aromatic carbocycles. The Hall–Kier alpha value is -1.02. The van der Waals surface area contributed by atoms with E-state index in [0.29, 0.717) is 12.5 Å². The number of unbranched alkanes of at least 4 members (excludes halogenated alkanes) is 1. The van der Waals surface area contributed by atoms with Gasteiger partial charge in [0, 0.05) is 6.54 Å². The smallest absolute Gasteiger partial charge is 0.193 e. The van der Waals surface area contributed by atoms with Crippen LogP contribution in [0.15, 0.2) is 29.3 Å². The number of rotatable bonds is 8. The highest BCUT2D eigenvalue weighted by Crippen LogP contribution is 2.22. The molecule has 21 heavy (non-hydrogen) atoms. The average Bonchev–Trinajstić information content (AvgIpc) is 2.45. The lowest BCUT2D eigenvalue weighted by atomic mass is 10.3. The van der Waals surface area contributed by atoms with Gasteiger partial charge < -0.3 is 20.7 Å². The minimum atomic E-state index is 0. The first-order valence-electron chi connectivity index (χ1n) is 7.06. The summed E-state index contributed by atoms with van der Waals surface area (Å²) >= 11 is 0. The second-order valence-corrected chi connectivity index (χ2v) is 4.75. The molecule has 0 spiro atoms. The van der Waals surface area contributed by atoms with Gasteiger partial charge in [-0.05, 0) is 32.1 Å². The molecule has 0 aliphatic carbocycles. The van der Waals surface area contributed by atoms with Crippen molar-refractivity contribution in [3.8, 4) is 5.75 Å². The lowest BCUT2D eigenvalue weighted by molar-refractivity contribution is 0.337. The Bertz CT molecular complexity index is 426. The summed E-state index contributed by atoms with van der Waals surface area (Å²) in [5.74, 6) is 1.17. The van der Waals surface area contributed by atoms with E-state index in [2.05, 4.69) is 29.2 Å². The lowest BCUT2D eigenvalue weighted by Gasteiger charge is -2.15. The van der Waals surface area contributed by atoms with Gasteiger partial charge in [-0.15, -0.1) is 24.0 Å². The molecule has 0 aliphatic heterocycles. The predicted octanol–water partition coefficient (Wildman–Crippen LogP) is 2.77. The molecule has 0 fully saturated rings. The van der Waals surface area contributed by atoms with E-state index in [4.69, 9.17) is 10.5 Å². The Morgan fingerprint density at radius 2 is 2.05 bits per heavy atom. The van der Waals surface area contributed by atoms with Crippen molar-refractivity contribution in [2.24, 2.45) is 10.7 Å². The molecular weight excluding hydrogens is 379 g/mol. The van der Waals surface area contributed by atoms with E-state index in [0.717, 1.165) is 24.5 Å². The number of nitrogens with two attached hydrogens (primary N) is 1. The summed E-state index contributed by atoms with van der Waals surface area (Å²) < 4.78 is 5.25. The molecule has 0 radical (unpaired) electrons. The molecule has 1 aromatic rings. The third kappa shape index (κ3) is 8.11. The largest absolute Gasteiger partial charge is 0.495 e. The van der Waals surface area contributed by atoms with E-state index in [-0.39, 0.29) is 24.0 Å². The quantitative estimate of drug-likeness (QED) is 0.396. The second kappa shape index (κ2) is 11.6. The topological polar surface area (TPSA) is 62.9 Å². The number of hydrogen-bond acceptors (Lipinski definition) is 3. The fourth-order valence-corrected chi connectivity index (χ4v) is 1.81. The van der Waals surface area contributed by atoms with Gasteiger partial charge in [-0.25, -0.2) is 0 Å². The fraction of sp³-hybridized carbons (Fsp3) is 0.533. The van der Waals surface area contributed by atoms with Crippen molar-refractivity contribution in [1.29, 1.82) is 0 Å². The van der Waals surface area contributed by atoms with Gasteiger partial charge in [-0.3, -0.25) is 4.99 Å². The molecule has 0 saturated heterocycles. The third-order valence-corrected chi connectivity index (χ3v) is 3.03. The normalized spacial score (nSPS) is 11.1. The first-order valence-corrected chi connectivity index (χ1v) is 7.06. The average molecular weight is 406 g/mol. The number of guanidine groups is 1. The molecule has 0 unspecified atom stereocenters. The molecule has 0 saturated carbocycles. The number of likely N-dealkylation sites (N-methyl/N-ethyl adjacent to an activating group) is 1. The number of halogens is 1. The molecule has 3 N–H and O–H groups in total. The van der Waals surface area contributed by atoms with Crippen LogP contribution < -0.4 is 15.8 Å². The summed E-state index contributed by atoms with van der Waals surface area (Å²) in [6.07, 6.45) is 2.43. The predicted molar refractivity (Wildman–Crippen MR) is 101 cm³/mol. The molecular formula is C15H27IN4O. The number of para-hydroxylation sites is 2. The zero-order valence-electron chi connectivity index (χ0n) is 13.1. The van der Waals surface area contributed by atoms with Gasteiger partial charge in [0.1, 0.15) is 5.75 Å². The van der Waals surface area contributed by atoms with E-state index in [9.17, 15) is 0 Å². The maximum absolute atomic E-state index is 5.88. The van der Waals surface area contributed by atoms with E-state index >= 15 is 0 Å². The number of aliphatic imine (C=N–C) groups is 1. The highest BCUT2D eigenvalue weighted by Gasteiger charge is 2.02. The van der Waals surface area contributed by atoms with Crippen molar-refractivity contribution in [3.63, 3.8) is 0 Å². The first-order chi connectivity index (χ1) is 9.67. The standard InChI is InChI=1S/C15H26N4O.HI/c1-4-5-11-19(2)12-10-17-15(16)18-13-8-6-7-9-14(13)20-3;/h6-9H,4-5,10-12H2,1-3H3,(H3,16,17,18);1H. The zero-order valence-corrected chi connectivity index (χ0v) is 15.5. The molecule has 5 nitrogen and oxygen atoms in total. The maximum Gasteiger partial charge on any atom is 0.193 e. The molecule has 0 aromatic heterocycles. The molecule has 120 valence electrons. The van der Waals surface area contributed by atoms with Crippen molar-refractivity contribution >= 4 is 35.6 Å². The van der Waals surface area contributed by atoms with Gasteiger partial charge >= 0.3 is 0 Å². The molecule has 0 bridgehead atoms. The fourth-order valence-electron chi connectivity index (χ4n) is 1.81. The van der Waals surface area contributed by atoms with Gasteiger partial charge in [-0.1, -0.05) is 25.5 Å². The van der Waals surface area contributed by atoms with Crippen molar-refractivity contribution in [2.45, 2.75) is 19.8 Å². The summed E-state index contributed by atoms with van der Waals surface area (Å²) in [5, 5.41) is 3.06. The molecule has 6 heteroatoms. The van der Waals surface area contributed by atoms with Crippen LogP contribution in [-0.4, -0.2) is 44.7 Å². The Balaban J connectivity index is 0.00000400. The van der Waals surface area contributed by atoms with Crippen LogP contribution in [0.2, 0.25) is 0 Å². The summed E-state index contributed by atoms with van der Waals surface area (Å²) in [5.41, 5.74) is 6.71. The SMILES string of the molecule is CCCCN(C)CCN=C(N)Nc1ccccc1OC.I. The Kier molecular flexibility index (Phi) is 11.1. The summed E-state index contributed by atoms with van der Waals surface area (Å²) in [6, 6.07) is 7.64. The Labute approximate surface area is 145 Å². The first kappa shape index (κ1) is 20.0. The van der Waals surface area contributed by atoms with Crippen LogP contribution in [0, 0.1) is 0 Å². The van der Waals surface area contributed by atoms with Crippen LogP contribution in [0.25, 0.3) is 0 Å². The molecule has 0 aliphatic rings. The summed E-state index contributed by atoms with van der Waals surface area (Å²) in [4.78, 5) is 6.60. The van der Waals surface area contributed by atoms with E-state index in [1.165, 1.54) is 12.8 Å². The van der Waals surface area contributed by atoms with Crippen LogP contribution in [0.5, 0.6) is 5.75 Å². The van der Waals surface area contributed by atoms with Crippen LogP contribution in [0.1, 0.15) is 19.8 Å². The van der Waals surface area contributed by atoms with Crippen molar-refractivity contribution in [3.05, 3.63) is 24.3 Å². The number of hydrogen-bond donors (Lipinski definition) is 2. The van der Waals surface area contributed by atoms with Gasteiger partial charge in [-0.2, -0.15) is 0 Å². The lowest BCUT2D eigenvalue weighted by Crippen LogP contribution is -2.27. The minimum Gasteiger partial charge on any atom is -0.495 e. The maximum atomic E-state index is 5.88. The molecule has 0 atom stereocenters. The molecule has 1 rings (SSSR count). The molecule has 0 amide bonds. The van der Waals surface area contributed by atoms with Crippen molar-refractivity contribution < 1.29 is 4.74 Å². The number of nitrogens with zero attached hydrogens (tertiary/aromatic N) is 2. The number of anilines is 1. The number of methoxy groups -OCH3 is 1. The second-order valence-electron chi connectivity index (χ2n) is 4.75. The highest BCUT2D eigenvalue weighted by atomic mass is 127. The van der Waals surface area contributed by atoms with Crippen LogP contribution in [0.4, 0.5) is 5.69 Å². The van der Waals surface area contributed by atoms with Gasteiger partial charge in [0.05, 0.1) is 19.3 Å². The van der Waals surface area contributed by atoms with Gasteiger partial charge in [0.2, 0.25) is 0 Å². The summed E-state index contributed by atoms with van der Waals surface area (Å²) in [7, 11) is 3.74. The van der Waals surface area contributed by atoms with Gasteiger partial charge in [0.25, 0.3) is 0 Å². The number of nitrogens with one attached hydrogen (secondary N) is 1. The van der Waals surface area contributed by atoms with Crippen LogP contribution in [-0.2, 0) is 0 Å². The number of ether oxygens (including phenoxy) is 1. The zero-order chi connectivity index (χ0) is 14.8. The Morgan fingerprint density at radius 3 is 2.71 bits per heavy atom. The third-order valence-electron chi connectivity index (χ3n) is 3.03. The minimum absolute atomic E-state index is 0. The van der Waals surface area contributed by atoms with E-state index < -0.39 is 0 Å². The van der Waals surface area contributed by atoms with Crippen molar-refractivity contribution in [2.75, 3.05) is 39.1 Å². The van der Waals surface area contributed by atoms with Crippen molar-refractivity contribution in [1.82, 2.24) is 4.90 Å². The Morgan fingerprint density at radius 1 is 1.33 bits per heavy atom. The van der Waals surface area contributed by atoms with E-state index in [1.807, 2.05) is 24.3 Å². The highest BCUT2D eigenvalue weighted by molar-refractivity contribution is 14.0.